The van der Waals surface area contributed by atoms with E-state index in [2.05, 4.69) is 15.3 Å². The third kappa shape index (κ3) is 2.10. The molecule has 7 heteroatoms. The Hall–Kier alpha value is -1.73. The molecule has 2 rings (SSSR count). The van der Waals surface area contributed by atoms with Crippen molar-refractivity contribution in [2.45, 2.75) is 13.0 Å². The summed E-state index contributed by atoms with van der Waals surface area (Å²) in [6.45, 7) is 2.13. The highest BCUT2D eigenvalue weighted by molar-refractivity contribution is 5.43. The van der Waals surface area contributed by atoms with Crippen molar-refractivity contribution in [2.75, 3.05) is 13.7 Å². The molecule has 0 saturated carbocycles. The summed E-state index contributed by atoms with van der Waals surface area (Å²) >= 11 is 0. The van der Waals surface area contributed by atoms with Gasteiger partial charge in [-0.15, -0.1) is 0 Å². The van der Waals surface area contributed by atoms with E-state index in [0.717, 1.165) is 5.69 Å². The molecule has 1 atom stereocenters. The normalized spacial score (nSPS) is 12.9. The molecule has 16 heavy (non-hydrogen) atoms. The third-order valence-corrected chi connectivity index (χ3v) is 1.96. The number of ether oxygens (including phenoxy) is 1. The van der Waals surface area contributed by atoms with Crippen molar-refractivity contribution in [2.24, 2.45) is 5.73 Å². The lowest BCUT2D eigenvalue weighted by molar-refractivity contribution is 0.177. The monoisotopic (exact) mass is 224 g/mol. The molecule has 1 unspecified atom stereocenters. The summed E-state index contributed by atoms with van der Waals surface area (Å²) in [7, 11) is 1.56. The van der Waals surface area contributed by atoms with Gasteiger partial charge in [0.05, 0.1) is 18.3 Å². The van der Waals surface area contributed by atoms with Crippen LogP contribution >= 0.6 is 0 Å². The maximum Gasteiger partial charge on any atom is 0.296 e. The summed E-state index contributed by atoms with van der Waals surface area (Å²) < 4.78 is 14.9. The lowest BCUT2D eigenvalue weighted by atomic mass is 10.3. The molecule has 0 aliphatic rings. The summed E-state index contributed by atoms with van der Waals surface area (Å²) in [6, 6.07) is 1.30. The van der Waals surface area contributed by atoms with Gasteiger partial charge in [0.1, 0.15) is 0 Å². The molecule has 0 bridgehead atoms. The minimum atomic E-state index is -0.411. The Morgan fingerprint density at radius 2 is 2.25 bits per heavy atom. The predicted molar refractivity (Wildman–Crippen MR) is 53.3 cm³/mol. The van der Waals surface area contributed by atoms with Crippen molar-refractivity contribution in [3.8, 4) is 11.7 Å². The molecule has 0 aliphatic heterocycles. The van der Waals surface area contributed by atoms with Gasteiger partial charge in [0, 0.05) is 13.2 Å². The number of nitrogens with two attached hydrogens (primary N) is 1. The van der Waals surface area contributed by atoms with Crippen molar-refractivity contribution < 1.29 is 13.8 Å². The summed E-state index contributed by atoms with van der Waals surface area (Å²) in [5.41, 5.74) is 6.49. The van der Waals surface area contributed by atoms with E-state index in [9.17, 15) is 0 Å². The van der Waals surface area contributed by atoms with Gasteiger partial charge in [-0.2, -0.15) is 4.98 Å². The van der Waals surface area contributed by atoms with Crippen LogP contribution in [0.5, 0.6) is 0 Å². The predicted octanol–water partition coefficient (Wildman–Crippen LogP) is 0.679. The molecule has 0 spiro atoms. The number of nitrogens with zero attached hydrogens (tertiary/aromatic N) is 3. The largest absolute Gasteiger partial charge is 0.383 e. The second kappa shape index (κ2) is 4.42. The number of aryl methyl sites for hydroxylation is 1. The average Bonchev–Trinajstić information content (AvgIpc) is 2.85. The van der Waals surface area contributed by atoms with Gasteiger partial charge in [-0.05, 0) is 6.92 Å². The van der Waals surface area contributed by atoms with Crippen molar-refractivity contribution in [1.82, 2.24) is 15.3 Å². The molecular weight excluding hydrogens is 212 g/mol. The fourth-order valence-corrected chi connectivity index (χ4v) is 1.20. The smallest absolute Gasteiger partial charge is 0.296 e. The van der Waals surface area contributed by atoms with Crippen LogP contribution in [0, 0.1) is 6.92 Å². The number of methoxy groups -OCH3 is 1. The molecule has 0 aromatic carbocycles. The number of hydrogen-bond acceptors (Lipinski definition) is 7. The SMILES string of the molecule is COCC(N)c1noc(-c2cc(C)no2)n1. The maximum absolute atomic E-state index is 5.75. The van der Waals surface area contributed by atoms with E-state index in [1.54, 1.807) is 20.1 Å². The van der Waals surface area contributed by atoms with E-state index in [4.69, 9.17) is 19.5 Å². The average molecular weight is 224 g/mol. The first kappa shape index (κ1) is 10.8. The lowest BCUT2D eigenvalue weighted by Gasteiger charge is -2.02. The van der Waals surface area contributed by atoms with Gasteiger partial charge >= 0.3 is 0 Å². The summed E-state index contributed by atoms with van der Waals surface area (Å²) in [5, 5.41) is 7.47. The molecule has 2 aromatic rings. The minimum absolute atomic E-state index is 0.266. The fourth-order valence-electron chi connectivity index (χ4n) is 1.20. The van der Waals surface area contributed by atoms with Crippen LogP contribution in [0.3, 0.4) is 0 Å². The van der Waals surface area contributed by atoms with Gasteiger partial charge < -0.3 is 19.5 Å². The molecule has 2 heterocycles. The highest BCUT2D eigenvalue weighted by Crippen LogP contribution is 2.19. The van der Waals surface area contributed by atoms with Crippen LogP contribution in [0.2, 0.25) is 0 Å². The first-order chi connectivity index (χ1) is 7.70. The van der Waals surface area contributed by atoms with Crippen molar-refractivity contribution in [3.63, 3.8) is 0 Å². The molecule has 0 aliphatic carbocycles. The van der Waals surface area contributed by atoms with Crippen molar-refractivity contribution >= 4 is 0 Å². The highest BCUT2D eigenvalue weighted by atomic mass is 16.5. The molecule has 7 nitrogen and oxygen atoms in total. The van der Waals surface area contributed by atoms with E-state index >= 15 is 0 Å². The third-order valence-electron chi connectivity index (χ3n) is 1.96. The Bertz CT molecular complexity index is 465. The molecule has 86 valence electrons. The van der Waals surface area contributed by atoms with Crippen molar-refractivity contribution in [1.29, 1.82) is 0 Å². The van der Waals surface area contributed by atoms with Crippen LogP contribution in [0.4, 0.5) is 0 Å². The molecule has 2 aromatic heterocycles. The molecule has 0 fully saturated rings. The molecule has 0 amide bonds. The van der Waals surface area contributed by atoms with E-state index < -0.39 is 6.04 Å². The van der Waals surface area contributed by atoms with E-state index in [0.29, 0.717) is 18.2 Å². The topological polar surface area (TPSA) is 100 Å². The van der Waals surface area contributed by atoms with E-state index in [1.165, 1.54) is 0 Å². The molecule has 0 saturated heterocycles. The van der Waals surface area contributed by atoms with Gasteiger partial charge in [-0.25, -0.2) is 0 Å². The molecule has 2 N–H and O–H groups in total. The van der Waals surface area contributed by atoms with Crippen LogP contribution in [-0.2, 0) is 4.74 Å². The first-order valence-electron chi connectivity index (χ1n) is 4.72. The molecular formula is C9H12N4O3. The van der Waals surface area contributed by atoms with Gasteiger partial charge in [0.2, 0.25) is 5.76 Å². The van der Waals surface area contributed by atoms with Crippen LogP contribution in [0.15, 0.2) is 15.1 Å². The first-order valence-corrected chi connectivity index (χ1v) is 4.72. The Kier molecular flexibility index (Phi) is 2.97. The van der Waals surface area contributed by atoms with E-state index in [1.807, 2.05) is 0 Å². The Balaban J connectivity index is 2.19. The molecule has 0 radical (unpaired) electrons. The minimum Gasteiger partial charge on any atom is -0.383 e. The zero-order chi connectivity index (χ0) is 11.5. The van der Waals surface area contributed by atoms with Gasteiger partial charge in [0.15, 0.2) is 5.82 Å². The van der Waals surface area contributed by atoms with Crippen LogP contribution in [-0.4, -0.2) is 29.0 Å². The second-order valence-corrected chi connectivity index (χ2v) is 3.35. The highest BCUT2D eigenvalue weighted by Gasteiger charge is 2.17. The summed E-state index contributed by atoms with van der Waals surface area (Å²) in [5.74, 6) is 1.08. The van der Waals surface area contributed by atoms with Gasteiger partial charge in [-0.3, -0.25) is 0 Å². The second-order valence-electron chi connectivity index (χ2n) is 3.35. The Labute approximate surface area is 91.6 Å². The summed E-state index contributed by atoms with van der Waals surface area (Å²) in [4.78, 5) is 4.10. The van der Waals surface area contributed by atoms with Gasteiger partial charge in [-0.1, -0.05) is 10.3 Å². The zero-order valence-electron chi connectivity index (χ0n) is 9.01. The van der Waals surface area contributed by atoms with Gasteiger partial charge in [0.25, 0.3) is 5.89 Å². The quantitative estimate of drug-likeness (QED) is 0.814. The Morgan fingerprint density at radius 1 is 1.44 bits per heavy atom. The van der Waals surface area contributed by atoms with Crippen LogP contribution in [0.1, 0.15) is 17.6 Å². The van der Waals surface area contributed by atoms with E-state index in [-0.39, 0.29) is 5.89 Å². The number of rotatable bonds is 4. The number of hydrogen-bond donors (Lipinski definition) is 1. The lowest BCUT2D eigenvalue weighted by Crippen LogP contribution is -2.17. The standard InChI is InChI=1S/C9H12N4O3/c1-5-3-7(15-12-5)9-11-8(13-16-9)6(10)4-14-2/h3,6H,4,10H2,1-2H3. The van der Waals surface area contributed by atoms with Crippen LogP contribution < -0.4 is 5.73 Å². The Morgan fingerprint density at radius 3 is 2.88 bits per heavy atom. The fraction of sp³-hybridized carbons (Fsp3) is 0.444. The number of aromatic nitrogens is 3. The maximum atomic E-state index is 5.75. The summed E-state index contributed by atoms with van der Waals surface area (Å²) in [6.07, 6.45) is 0. The zero-order valence-corrected chi connectivity index (χ0v) is 9.01. The van der Waals surface area contributed by atoms with Crippen LogP contribution in [0.25, 0.3) is 11.7 Å². The van der Waals surface area contributed by atoms with Crippen molar-refractivity contribution in [3.05, 3.63) is 17.6 Å².